The van der Waals surface area contributed by atoms with Gasteiger partial charge in [-0.2, -0.15) is 0 Å². The summed E-state index contributed by atoms with van der Waals surface area (Å²) in [6.07, 6.45) is 5.25. The monoisotopic (exact) mass is 422 g/mol. The highest BCUT2D eigenvalue weighted by molar-refractivity contribution is 6.04. The third-order valence-corrected chi connectivity index (χ3v) is 4.78. The molecule has 3 aromatic heterocycles. The summed E-state index contributed by atoms with van der Waals surface area (Å²) in [6, 6.07) is 4.69. The van der Waals surface area contributed by atoms with Crippen molar-refractivity contribution in [3.05, 3.63) is 60.0 Å². The molecule has 4 aromatic rings. The average Bonchev–Trinajstić information content (AvgIpc) is 3.28. The zero-order valence-electron chi connectivity index (χ0n) is 18.0. The van der Waals surface area contributed by atoms with Crippen molar-refractivity contribution in [3.63, 3.8) is 0 Å². The van der Waals surface area contributed by atoms with E-state index in [0.717, 1.165) is 5.69 Å². The fraction of sp³-hybridized carbons (Fsp3) is 0.273. The number of carbonyl (C=O) groups is 1. The van der Waals surface area contributed by atoms with Crippen LogP contribution in [-0.4, -0.2) is 38.3 Å². The van der Waals surface area contributed by atoms with Crippen LogP contribution in [0.3, 0.4) is 0 Å². The van der Waals surface area contributed by atoms with E-state index in [9.17, 15) is 9.18 Å². The van der Waals surface area contributed by atoms with Gasteiger partial charge < -0.3 is 14.6 Å². The lowest BCUT2D eigenvalue weighted by atomic mass is 10.1. The summed E-state index contributed by atoms with van der Waals surface area (Å²) in [6.45, 7) is 7.45. The molecular formula is C22H23FN6O2. The lowest BCUT2D eigenvalue weighted by Gasteiger charge is -2.17. The number of hydrogen-bond donors (Lipinski definition) is 1. The van der Waals surface area contributed by atoms with Crippen LogP contribution in [-0.2, 0) is 0 Å². The molecule has 8 nitrogen and oxygen atoms in total. The fourth-order valence-electron chi connectivity index (χ4n) is 3.34. The normalized spacial score (nSPS) is 11.3. The first-order valence-corrected chi connectivity index (χ1v) is 9.86. The Hall–Kier alpha value is -3.75. The fourth-order valence-corrected chi connectivity index (χ4v) is 3.34. The number of rotatable bonds is 5. The van der Waals surface area contributed by atoms with Gasteiger partial charge in [-0.15, -0.1) is 0 Å². The minimum atomic E-state index is -0.444. The molecule has 0 aliphatic carbocycles. The van der Waals surface area contributed by atoms with Crippen LogP contribution in [0.1, 0.15) is 36.0 Å². The molecule has 0 aliphatic rings. The second-order valence-electron chi connectivity index (χ2n) is 7.65. The highest BCUT2D eigenvalue weighted by atomic mass is 19.1. The van der Waals surface area contributed by atoms with E-state index in [0.29, 0.717) is 28.7 Å². The van der Waals surface area contributed by atoms with Crippen molar-refractivity contribution in [1.82, 2.24) is 19.4 Å². The van der Waals surface area contributed by atoms with Gasteiger partial charge in [0, 0.05) is 43.7 Å². The lowest BCUT2D eigenvalue weighted by molar-refractivity contribution is 0.0964. The molecule has 3 heterocycles. The Labute approximate surface area is 178 Å². The summed E-state index contributed by atoms with van der Waals surface area (Å²) < 4.78 is 21.8. The number of nitrogens with one attached hydrogen (secondary N) is 1. The Balaban J connectivity index is 1.69. The number of amides is 1. The topological polar surface area (TPSA) is 88.6 Å². The molecule has 1 N–H and O–H groups in total. The smallest absolute Gasteiger partial charge is 0.295 e. The predicted octanol–water partition coefficient (Wildman–Crippen LogP) is 4.24. The summed E-state index contributed by atoms with van der Waals surface area (Å²) >= 11 is 0. The third-order valence-electron chi connectivity index (χ3n) is 4.78. The number of halogens is 1. The number of hydrogen-bond acceptors (Lipinski definition) is 6. The van der Waals surface area contributed by atoms with Crippen molar-refractivity contribution < 1.29 is 13.6 Å². The van der Waals surface area contributed by atoms with Crippen molar-refractivity contribution in [2.45, 2.75) is 33.7 Å². The largest absolute Gasteiger partial charge is 0.436 e. The van der Waals surface area contributed by atoms with Crippen LogP contribution in [0, 0.1) is 19.7 Å². The van der Waals surface area contributed by atoms with Crippen molar-refractivity contribution in [1.29, 1.82) is 0 Å². The first-order chi connectivity index (χ1) is 14.7. The summed E-state index contributed by atoms with van der Waals surface area (Å²) in [5.74, 6) is 0.216. The third kappa shape index (κ3) is 3.98. The minimum Gasteiger partial charge on any atom is -0.436 e. The van der Waals surface area contributed by atoms with E-state index in [1.165, 1.54) is 17.0 Å². The number of aromatic nitrogens is 4. The molecule has 4 rings (SSSR count). The van der Waals surface area contributed by atoms with Crippen LogP contribution >= 0.6 is 0 Å². The maximum absolute atomic E-state index is 14.7. The first-order valence-electron chi connectivity index (χ1n) is 9.86. The maximum atomic E-state index is 14.7. The second kappa shape index (κ2) is 7.82. The van der Waals surface area contributed by atoms with Gasteiger partial charge in [-0.25, -0.2) is 19.3 Å². The zero-order chi connectivity index (χ0) is 22.3. The van der Waals surface area contributed by atoms with Gasteiger partial charge in [-0.3, -0.25) is 9.20 Å². The van der Waals surface area contributed by atoms with Crippen molar-refractivity contribution in [3.8, 4) is 11.3 Å². The summed E-state index contributed by atoms with van der Waals surface area (Å²) in [4.78, 5) is 27.1. The molecule has 0 unspecified atom stereocenters. The molecule has 0 spiro atoms. The predicted molar refractivity (Wildman–Crippen MR) is 116 cm³/mol. The number of fused-ring (bicyclic) bond motifs is 1. The molecule has 1 aromatic carbocycles. The first kappa shape index (κ1) is 20.5. The van der Waals surface area contributed by atoms with Gasteiger partial charge in [0.15, 0.2) is 5.89 Å². The molecule has 0 aliphatic heterocycles. The Morgan fingerprint density at radius 1 is 1.23 bits per heavy atom. The summed E-state index contributed by atoms with van der Waals surface area (Å²) in [5.41, 5.74) is 2.53. The van der Waals surface area contributed by atoms with Gasteiger partial charge in [-0.05, 0) is 39.0 Å². The van der Waals surface area contributed by atoms with Crippen LogP contribution in [0.25, 0.3) is 17.0 Å². The van der Waals surface area contributed by atoms with E-state index in [-0.39, 0.29) is 23.3 Å². The molecule has 160 valence electrons. The number of aryl methyl sites for hydroxylation is 2. The molecule has 9 heteroatoms. The van der Waals surface area contributed by atoms with Crippen molar-refractivity contribution in [2.75, 3.05) is 17.3 Å². The average molecular weight is 422 g/mol. The highest BCUT2D eigenvalue weighted by Gasteiger charge is 2.22. The molecule has 0 bridgehead atoms. The molecule has 0 atom stereocenters. The van der Waals surface area contributed by atoms with E-state index < -0.39 is 5.82 Å². The van der Waals surface area contributed by atoms with E-state index in [4.69, 9.17) is 4.42 Å². The Morgan fingerprint density at radius 2 is 2.00 bits per heavy atom. The molecule has 0 saturated carbocycles. The van der Waals surface area contributed by atoms with Crippen LogP contribution < -0.4 is 10.2 Å². The maximum Gasteiger partial charge on any atom is 0.295 e. The minimum absolute atomic E-state index is 0.160. The number of nitrogens with zero attached hydrogens (tertiary/aromatic N) is 5. The molecule has 0 fully saturated rings. The highest BCUT2D eigenvalue weighted by Crippen LogP contribution is 2.28. The number of anilines is 2. The van der Waals surface area contributed by atoms with Gasteiger partial charge in [0.05, 0.1) is 23.3 Å². The second-order valence-corrected chi connectivity index (χ2v) is 7.65. The van der Waals surface area contributed by atoms with E-state index in [1.54, 1.807) is 43.8 Å². The standard InChI is InChI=1S/C22H23FN6O2/c1-12(2)25-15-9-24-22-27-19(11-29(22)10-15)17-8-16(6-7-18(17)23)28(5)21(30)20-13(3)26-14(4)31-20/h6-12,25H,1-5H3. The van der Waals surface area contributed by atoms with Gasteiger partial charge in [0.1, 0.15) is 5.82 Å². The van der Waals surface area contributed by atoms with E-state index in [1.807, 2.05) is 20.0 Å². The van der Waals surface area contributed by atoms with E-state index in [2.05, 4.69) is 20.3 Å². The van der Waals surface area contributed by atoms with Crippen molar-refractivity contribution >= 4 is 23.1 Å². The lowest BCUT2D eigenvalue weighted by Crippen LogP contribution is -2.26. The van der Waals surface area contributed by atoms with Gasteiger partial charge in [0.2, 0.25) is 11.5 Å². The molecule has 1 amide bonds. The molecule has 0 saturated heterocycles. The van der Waals surface area contributed by atoms with Gasteiger partial charge in [-0.1, -0.05) is 0 Å². The van der Waals surface area contributed by atoms with Crippen LogP contribution in [0.15, 0.2) is 41.2 Å². The number of benzene rings is 1. The Morgan fingerprint density at radius 3 is 2.68 bits per heavy atom. The molecular weight excluding hydrogens is 399 g/mol. The Kier molecular flexibility index (Phi) is 5.18. The Bertz CT molecular complexity index is 1280. The number of oxazole rings is 1. The number of carbonyl (C=O) groups excluding carboxylic acids is 1. The summed E-state index contributed by atoms with van der Waals surface area (Å²) in [5, 5.41) is 3.27. The van der Waals surface area contributed by atoms with Crippen molar-refractivity contribution in [2.24, 2.45) is 0 Å². The summed E-state index contributed by atoms with van der Waals surface area (Å²) in [7, 11) is 1.60. The van der Waals surface area contributed by atoms with Crippen LogP contribution in [0.4, 0.5) is 15.8 Å². The van der Waals surface area contributed by atoms with Crippen LogP contribution in [0.2, 0.25) is 0 Å². The number of imidazole rings is 1. The zero-order valence-corrected chi connectivity index (χ0v) is 18.0. The van der Waals surface area contributed by atoms with Gasteiger partial charge in [0.25, 0.3) is 5.91 Å². The van der Waals surface area contributed by atoms with Crippen LogP contribution in [0.5, 0.6) is 0 Å². The quantitative estimate of drug-likeness (QED) is 0.518. The van der Waals surface area contributed by atoms with Gasteiger partial charge >= 0.3 is 0 Å². The van der Waals surface area contributed by atoms with E-state index >= 15 is 0 Å². The molecule has 31 heavy (non-hydrogen) atoms. The SMILES string of the molecule is Cc1nc(C)c(C(=O)N(C)c2ccc(F)c(-c3cn4cc(NC(C)C)cnc4n3)c2)o1. The molecule has 0 radical (unpaired) electrons.